The Kier molecular flexibility index (Phi) is 10.5. The third kappa shape index (κ3) is 8.16. The summed E-state index contributed by atoms with van der Waals surface area (Å²) in [5.74, 6) is 0. The highest BCUT2D eigenvalue weighted by Gasteiger charge is 2.19. The second-order valence-electron chi connectivity index (χ2n) is 5.55. The highest BCUT2D eigenvalue weighted by Crippen LogP contribution is 2.30. The van der Waals surface area contributed by atoms with Crippen molar-refractivity contribution in [3.8, 4) is 0 Å². The van der Waals surface area contributed by atoms with Crippen LogP contribution in [0.2, 0.25) is 0 Å². The Bertz CT molecular complexity index is 211. The van der Waals surface area contributed by atoms with Crippen molar-refractivity contribution in [2.24, 2.45) is 0 Å². The first-order valence-electron chi connectivity index (χ1n) is 8.19. The molecule has 0 aliphatic carbocycles. The normalized spacial score (nSPS) is 34.2. The van der Waals surface area contributed by atoms with Gasteiger partial charge >= 0.3 is 0 Å². The first-order chi connectivity index (χ1) is 9.65. The lowest BCUT2D eigenvalue weighted by Gasteiger charge is -2.26. The average Bonchev–Trinajstić information content (AvgIpc) is 2.40. The summed E-state index contributed by atoms with van der Waals surface area (Å²) in [7, 11) is 0. The Labute approximate surface area is 134 Å². The molecule has 0 aromatic rings. The molecule has 4 heteroatoms. The molecule has 0 N–H and O–H groups in total. The van der Waals surface area contributed by atoms with Crippen molar-refractivity contribution < 1.29 is 9.47 Å². The van der Waals surface area contributed by atoms with E-state index < -0.39 is 0 Å². The van der Waals surface area contributed by atoms with Gasteiger partial charge in [0.15, 0.2) is 0 Å². The molecule has 120 valence electrons. The molecule has 0 aromatic heterocycles. The summed E-state index contributed by atoms with van der Waals surface area (Å²) in [5.41, 5.74) is 0.871. The van der Waals surface area contributed by atoms with Crippen LogP contribution in [0.4, 0.5) is 0 Å². The Hall–Kier alpha value is 0.620. The summed E-state index contributed by atoms with van der Waals surface area (Å²) in [6.07, 6.45) is 7.84. The average molecular weight is 321 g/mol. The molecule has 2 nitrogen and oxygen atoms in total. The van der Waals surface area contributed by atoms with Crippen molar-refractivity contribution in [3.05, 3.63) is 0 Å². The lowest BCUT2D eigenvalue weighted by atomic mass is 10.2. The number of hydrogen-bond donors (Lipinski definition) is 0. The molecule has 0 amide bonds. The SMILES string of the molecule is CCCC1CCOC(C)S1.CCCC1CCOC(C)S1. The standard InChI is InChI=1S/2C8H16OS/c2*1-3-4-8-5-6-9-7(2)10-8/h2*7-8H,3-6H2,1-2H3. The zero-order chi connectivity index (χ0) is 14.8. The Morgan fingerprint density at radius 3 is 1.50 bits per heavy atom. The summed E-state index contributed by atoms with van der Waals surface area (Å²) < 4.78 is 10.8. The zero-order valence-electron chi connectivity index (χ0n) is 13.6. The minimum atomic E-state index is 0.435. The molecular weight excluding hydrogens is 288 g/mol. The summed E-state index contributed by atoms with van der Waals surface area (Å²) in [6.45, 7) is 10.7. The van der Waals surface area contributed by atoms with E-state index in [2.05, 4.69) is 27.7 Å². The topological polar surface area (TPSA) is 18.5 Å². The molecule has 0 aromatic carbocycles. The molecule has 0 bridgehead atoms. The van der Waals surface area contributed by atoms with E-state index >= 15 is 0 Å². The van der Waals surface area contributed by atoms with Crippen LogP contribution in [0.25, 0.3) is 0 Å². The van der Waals surface area contributed by atoms with Crippen molar-refractivity contribution in [1.29, 1.82) is 0 Å². The second kappa shape index (κ2) is 11.2. The third-order valence-electron chi connectivity index (χ3n) is 3.57. The van der Waals surface area contributed by atoms with Crippen LogP contribution >= 0.6 is 23.5 Å². The van der Waals surface area contributed by atoms with Gasteiger partial charge in [0.1, 0.15) is 10.9 Å². The van der Waals surface area contributed by atoms with Crippen molar-refractivity contribution in [2.45, 2.75) is 87.6 Å². The van der Waals surface area contributed by atoms with E-state index in [0.29, 0.717) is 10.9 Å². The van der Waals surface area contributed by atoms with Gasteiger partial charge in [0.2, 0.25) is 0 Å². The second-order valence-corrected chi connectivity index (χ2v) is 8.75. The van der Waals surface area contributed by atoms with E-state index in [-0.39, 0.29) is 0 Å². The highest BCUT2D eigenvalue weighted by molar-refractivity contribution is 8.00. The van der Waals surface area contributed by atoms with Gasteiger partial charge < -0.3 is 9.47 Å². The monoisotopic (exact) mass is 320 g/mol. The summed E-state index contributed by atoms with van der Waals surface area (Å²) >= 11 is 3.98. The fourth-order valence-corrected chi connectivity index (χ4v) is 5.20. The number of thioether (sulfide) groups is 2. The van der Waals surface area contributed by atoms with Gasteiger partial charge in [0.25, 0.3) is 0 Å². The fraction of sp³-hybridized carbons (Fsp3) is 1.00. The Morgan fingerprint density at radius 2 is 1.20 bits per heavy atom. The number of hydrogen-bond acceptors (Lipinski definition) is 4. The first kappa shape index (κ1) is 18.7. The minimum absolute atomic E-state index is 0.435. The summed E-state index contributed by atoms with van der Waals surface area (Å²) in [4.78, 5) is 0. The maximum atomic E-state index is 5.42. The van der Waals surface area contributed by atoms with Crippen LogP contribution in [0.3, 0.4) is 0 Å². The van der Waals surface area contributed by atoms with Gasteiger partial charge in [-0.1, -0.05) is 26.7 Å². The molecule has 2 heterocycles. The molecule has 20 heavy (non-hydrogen) atoms. The molecule has 0 saturated carbocycles. The molecule has 2 aliphatic heterocycles. The molecule has 4 unspecified atom stereocenters. The quantitative estimate of drug-likeness (QED) is 0.698. The van der Waals surface area contributed by atoms with Gasteiger partial charge in [-0.3, -0.25) is 0 Å². The molecule has 2 fully saturated rings. The van der Waals surface area contributed by atoms with Gasteiger partial charge in [-0.05, 0) is 39.5 Å². The summed E-state index contributed by atoms with van der Waals surface area (Å²) in [5, 5.41) is 1.74. The van der Waals surface area contributed by atoms with Gasteiger partial charge in [-0.25, -0.2) is 0 Å². The van der Waals surface area contributed by atoms with Crippen molar-refractivity contribution in [2.75, 3.05) is 13.2 Å². The molecule has 2 aliphatic rings. The minimum Gasteiger partial charge on any atom is -0.368 e. The molecule has 2 saturated heterocycles. The van der Waals surface area contributed by atoms with Crippen LogP contribution in [-0.2, 0) is 9.47 Å². The predicted octanol–water partition coefficient (Wildman–Crippen LogP) is 5.31. The third-order valence-corrected chi connectivity index (χ3v) is 6.33. The van der Waals surface area contributed by atoms with Crippen LogP contribution < -0.4 is 0 Å². The van der Waals surface area contributed by atoms with Crippen LogP contribution in [0.15, 0.2) is 0 Å². The highest BCUT2D eigenvalue weighted by atomic mass is 32.2. The maximum Gasteiger partial charge on any atom is 0.100 e. The van der Waals surface area contributed by atoms with E-state index in [1.807, 2.05) is 23.5 Å². The van der Waals surface area contributed by atoms with E-state index in [1.165, 1.54) is 38.5 Å². The maximum absolute atomic E-state index is 5.42. The van der Waals surface area contributed by atoms with Crippen LogP contribution in [0.5, 0.6) is 0 Å². The Morgan fingerprint density at radius 1 is 0.800 bits per heavy atom. The number of rotatable bonds is 4. The molecule has 0 radical (unpaired) electrons. The van der Waals surface area contributed by atoms with E-state index in [9.17, 15) is 0 Å². The molecule has 4 atom stereocenters. The lowest BCUT2D eigenvalue weighted by Crippen LogP contribution is -2.20. The molecule has 0 spiro atoms. The van der Waals surface area contributed by atoms with Crippen molar-refractivity contribution >= 4 is 23.5 Å². The van der Waals surface area contributed by atoms with Gasteiger partial charge in [0, 0.05) is 23.7 Å². The van der Waals surface area contributed by atoms with E-state index in [1.54, 1.807) is 0 Å². The van der Waals surface area contributed by atoms with Gasteiger partial charge in [-0.2, -0.15) is 0 Å². The van der Waals surface area contributed by atoms with Crippen LogP contribution in [0, 0.1) is 0 Å². The summed E-state index contributed by atoms with van der Waals surface area (Å²) in [6, 6.07) is 0. The fourth-order valence-electron chi connectivity index (χ4n) is 2.56. The molecule has 2 rings (SSSR count). The van der Waals surface area contributed by atoms with Crippen LogP contribution in [0.1, 0.15) is 66.2 Å². The van der Waals surface area contributed by atoms with E-state index in [0.717, 1.165) is 23.7 Å². The van der Waals surface area contributed by atoms with Gasteiger partial charge in [0.05, 0.1) is 0 Å². The lowest BCUT2D eigenvalue weighted by molar-refractivity contribution is 0.110. The van der Waals surface area contributed by atoms with Crippen LogP contribution in [-0.4, -0.2) is 34.6 Å². The zero-order valence-corrected chi connectivity index (χ0v) is 15.2. The predicted molar refractivity (Wildman–Crippen MR) is 92.6 cm³/mol. The molecular formula is C16H32O2S2. The number of ether oxygens (including phenoxy) is 2. The van der Waals surface area contributed by atoms with Crippen molar-refractivity contribution in [1.82, 2.24) is 0 Å². The van der Waals surface area contributed by atoms with E-state index in [4.69, 9.17) is 9.47 Å². The largest absolute Gasteiger partial charge is 0.368 e. The van der Waals surface area contributed by atoms with Gasteiger partial charge in [-0.15, -0.1) is 23.5 Å². The smallest absolute Gasteiger partial charge is 0.100 e. The van der Waals surface area contributed by atoms with Crippen molar-refractivity contribution in [3.63, 3.8) is 0 Å². The Balaban J connectivity index is 0.000000200. The first-order valence-corrected chi connectivity index (χ1v) is 10.1.